The third-order valence-electron chi connectivity index (χ3n) is 4.20. The number of hydrogen-bond donors (Lipinski definition) is 3. The molecule has 0 amide bonds. The number of pyridine rings is 1. The quantitative estimate of drug-likeness (QED) is 0.751. The van der Waals surface area contributed by atoms with E-state index < -0.39 is 0 Å². The van der Waals surface area contributed by atoms with E-state index in [0.717, 1.165) is 40.8 Å². The van der Waals surface area contributed by atoms with Gasteiger partial charge in [0.1, 0.15) is 0 Å². The molecule has 4 nitrogen and oxygen atoms in total. The van der Waals surface area contributed by atoms with Crippen molar-refractivity contribution in [2.45, 2.75) is 32.2 Å². The molecule has 1 aromatic carbocycles. The maximum atomic E-state index is 9.45. The summed E-state index contributed by atoms with van der Waals surface area (Å²) in [5, 5.41) is 14.1. The van der Waals surface area contributed by atoms with E-state index in [-0.39, 0.29) is 6.61 Å². The van der Waals surface area contributed by atoms with E-state index in [2.05, 4.69) is 16.4 Å². The number of rotatable bonds is 3. The molecule has 0 saturated heterocycles. The van der Waals surface area contributed by atoms with E-state index in [1.54, 1.807) is 0 Å². The number of nitrogens with one attached hydrogen (secondary N) is 1. The van der Waals surface area contributed by atoms with Gasteiger partial charge in [0, 0.05) is 41.0 Å². The first-order valence-electron chi connectivity index (χ1n) is 7.21. The first-order valence-corrected chi connectivity index (χ1v) is 7.21. The Morgan fingerprint density at radius 2 is 2.20 bits per heavy atom. The molecule has 0 bridgehead atoms. The van der Waals surface area contributed by atoms with Crippen LogP contribution in [0.4, 0.5) is 11.4 Å². The Labute approximate surface area is 119 Å². The van der Waals surface area contributed by atoms with Gasteiger partial charge in [-0.25, -0.2) is 0 Å². The summed E-state index contributed by atoms with van der Waals surface area (Å²) in [7, 11) is 0. The number of nitrogens with zero attached hydrogens (tertiary/aromatic N) is 1. The lowest BCUT2D eigenvalue weighted by molar-refractivity contribution is 0.222. The van der Waals surface area contributed by atoms with Crippen molar-refractivity contribution in [3.8, 4) is 0 Å². The van der Waals surface area contributed by atoms with Gasteiger partial charge in [-0.3, -0.25) is 4.98 Å². The van der Waals surface area contributed by atoms with Crippen molar-refractivity contribution in [1.82, 2.24) is 4.98 Å². The van der Waals surface area contributed by atoms with Gasteiger partial charge in [0.2, 0.25) is 0 Å². The summed E-state index contributed by atoms with van der Waals surface area (Å²) in [6, 6.07) is 8.21. The average molecular weight is 271 g/mol. The molecule has 0 radical (unpaired) electrons. The number of aryl methyl sites for hydroxylation is 1. The van der Waals surface area contributed by atoms with Gasteiger partial charge < -0.3 is 16.2 Å². The minimum absolute atomic E-state index is 0.252. The van der Waals surface area contributed by atoms with Gasteiger partial charge in [-0.2, -0.15) is 0 Å². The molecule has 1 heterocycles. The zero-order valence-corrected chi connectivity index (χ0v) is 11.8. The maximum Gasteiger partial charge on any atom is 0.0727 e. The van der Waals surface area contributed by atoms with Gasteiger partial charge in [-0.1, -0.05) is 6.42 Å². The van der Waals surface area contributed by atoms with E-state index >= 15 is 0 Å². The number of aliphatic hydroxyl groups excluding tert-OH is 1. The summed E-state index contributed by atoms with van der Waals surface area (Å²) in [6.07, 6.45) is 3.38. The molecule has 1 fully saturated rings. The summed E-state index contributed by atoms with van der Waals surface area (Å²) >= 11 is 0. The van der Waals surface area contributed by atoms with Crippen molar-refractivity contribution >= 4 is 22.3 Å². The highest BCUT2D eigenvalue weighted by Crippen LogP contribution is 2.31. The monoisotopic (exact) mass is 271 g/mol. The molecular weight excluding hydrogens is 250 g/mol. The van der Waals surface area contributed by atoms with E-state index in [4.69, 9.17) is 5.73 Å². The highest BCUT2D eigenvalue weighted by atomic mass is 16.3. The van der Waals surface area contributed by atoms with Crippen LogP contribution in [0.2, 0.25) is 0 Å². The molecule has 1 aliphatic rings. The van der Waals surface area contributed by atoms with Crippen molar-refractivity contribution in [3.63, 3.8) is 0 Å². The fourth-order valence-electron chi connectivity index (χ4n) is 3.14. The van der Waals surface area contributed by atoms with Crippen LogP contribution in [-0.2, 0) is 0 Å². The van der Waals surface area contributed by atoms with Crippen LogP contribution in [0.15, 0.2) is 24.3 Å². The number of fused-ring (bicyclic) bond motifs is 1. The van der Waals surface area contributed by atoms with Crippen LogP contribution in [0.1, 0.15) is 25.0 Å². The van der Waals surface area contributed by atoms with E-state index in [1.165, 1.54) is 6.42 Å². The average Bonchev–Trinajstić information content (AvgIpc) is 2.87. The zero-order valence-electron chi connectivity index (χ0n) is 11.8. The van der Waals surface area contributed by atoms with Crippen molar-refractivity contribution in [2.24, 2.45) is 5.92 Å². The number of anilines is 2. The van der Waals surface area contributed by atoms with Gasteiger partial charge in [-0.05, 0) is 44.0 Å². The Kier molecular flexibility index (Phi) is 3.49. The van der Waals surface area contributed by atoms with Crippen molar-refractivity contribution in [2.75, 3.05) is 17.7 Å². The Hall–Kier alpha value is -1.81. The highest BCUT2D eigenvalue weighted by molar-refractivity contribution is 5.93. The lowest BCUT2D eigenvalue weighted by Gasteiger charge is -2.21. The molecule has 106 valence electrons. The predicted molar refractivity (Wildman–Crippen MR) is 82.7 cm³/mol. The number of hydrogen-bond acceptors (Lipinski definition) is 4. The van der Waals surface area contributed by atoms with Gasteiger partial charge in [0.25, 0.3) is 0 Å². The largest absolute Gasteiger partial charge is 0.399 e. The number of nitrogen functional groups attached to an aromatic ring is 1. The lowest BCUT2D eigenvalue weighted by Crippen LogP contribution is -2.26. The smallest absolute Gasteiger partial charge is 0.0727 e. The second-order valence-electron chi connectivity index (χ2n) is 5.71. The second kappa shape index (κ2) is 5.29. The van der Waals surface area contributed by atoms with Crippen LogP contribution < -0.4 is 11.1 Å². The molecule has 4 heteroatoms. The minimum atomic E-state index is 0.252. The van der Waals surface area contributed by atoms with Crippen LogP contribution in [0.5, 0.6) is 0 Å². The zero-order chi connectivity index (χ0) is 14.1. The first-order chi connectivity index (χ1) is 9.67. The first kappa shape index (κ1) is 13.2. The van der Waals surface area contributed by atoms with E-state index in [0.29, 0.717) is 12.0 Å². The normalized spacial score (nSPS) is 22.3. The van der Waals surface area contributed by atoms with Crippen molar-refractivity contribution in [3.05, 3.63) is 30.0 Å². The Bertz CT molecular complexity index is 626. The standard InChI is InChI=1S/C16H21N3O/c1-10-7-16(19-14-4-2-3-11(14)9-20)13-8-12(17)5-6-15(13)18-10/h5-8,11,14,20H,2-4,9,17H2,1H3,(H,18,19). The van der Waals surface area contributed by atoms with Crippen LogP contribution in [0.3, 0.4) is 0 Å². The number of aliphatic hydroxyl groups is 1. The van der Waals surface area contributed by atoms with Gasteiger partial charge in [-0.15, -0.1) is 0 Å². The van der Waals surface area contributed by atoms with Crippen LogP contribution in [0, 0.1) is 12.8 Å². The van der Waals surface area contributed by atoms with E-state index in [9.17, 15) is 5.11 Å². The van der Waals surface area contributed by atoms with Crippen LogP contribution in [0.25, 0.3) is 10.9 Å². The van der Waals surface area contributed by atoms with Crippen LogP contribution >= 0.6 is 0 Å². The second-order valence-corrected chi connectivity index (χ2v) is 5.71. The fraction of sp³-hybridized carbons (Fsp3) is 0.438. The molecule has 0 aliphatic heterocycles. The topological polar surface area (TPSA) is 71.2 Å². The number of benzene rings is 1. The highest BCUT2D eigenvalue weighted by Gasteiger charge is 2.26. The lowest BCUT2D eigenvalue weighted by atomic mass is 10.0. The van der Waals surface area contributed by atoms with Crippen molar-refractivity contribution in [1.29, 1.82) is 0 Å². The summed E-state index contributed by atoms with van der Waals surface area (Å²) in [6.45, 7) is 2.25. The third-order valence-corrected chi connectivity index (χ3v) is 4.20. The molecule has 3 rings (SSSR count). The minimum Gasteiger partial charge on any atom is -0.399 e. The maximum absolute atomic E-state index is 9.45. The van der Waals surface area contributed by atoms with Gasteiger partial charge >= 0.3 is 0 Å². The molecule has 2 unspecified atom stereocenters. The third kappa shape index (κ3) is 2.43. The van der Waals surface area contributed by atoms with E-state index in [1.807, 2.05) is 25.1 Å². The van der Waals surface area contributed by atoms with Gasteiger partial charge in [0.05, 0.1) is 5.52 Å². The molecule has 1 saturated carbocycles. The number of aromatic nitrogens is 1. The summed E-state index contributed by atoms with van der Waals surface area (Å²) < 4.78 is 0. The molecule has 1 aliphatic carbocycles. The molecular formula is C16H21N3O. The number of nitrogens with two attached hydrogens (primary N) is 1. The van der Waals surface area contributed by atoms with Crippen molar-refractivity contribution < 1.29 is 5.11 Å². The SMILES string of the molecule is Cc1cc(NC2CCCC2CO)c2cc(N)ccc2n1. The van der Waals surface area contributed by atoms with Gasteiger partial charge in [0.15, 0.2) is 0 Å². The molecule has 4 N–H and O–H groups in total. The molecule has 0 spiro atoms. The fourth-order valence-corrected chi connectivity index (χ4v) is 3.14. The summed E-state index contributed by atoms with van der Waals surface area (Å²) in [5.41, 5.74) is 9.67. The summed E-state index contributed by atoms with van der Waals surface area (Å²) in [4.78, 5) is 4.55. The Morgan fingerprint density at radius 1 is 1.35 bits per heavy atom. The molecule has 2 atom stereocenters. The molecule has 20 heavy (non-hydrogen) atoms. The Morgan fingerprint density at radius 3 is 3.00 bits per heavy atom. The molecule has 1 aromatic heterocycles. The molecule has 2 aromatic rings. The Balaban J connectivity index is 1.99. The van der Waals surface area contributed by atoms with Crippen LogP contribution in [-0.4, -0.2) is 22.7 Å². The summed E-state index contributed by atoms with van der Waals surface area (Å²) in [5.74, 6) is 0.347. The predicted octanol–water partition coefficient (Wildman–Crippen LogP) is 2.70.